The number of hydrogen-bond acceptors (Lipinski definition) is 5. The highest BCUT2D eigenvalue weighted by Crippen LogP contribution is 2.11. The molecule has 0 aliphatic heterocycles. The predicted octanol–water partition coefficient (Wildman–Crippen LogP) is 1.27. The predicted molar refractivity (Wildman–Crippen MR) is 59.1 cm³/mol. The quantitative estimate of drug-likeness (QED) is 0.616. The van der Waals surface area contributed by atoms with Gasteiger partial charge >= 0.3 is 0 Å². The molecule has 78 valence electrons. The van der Waals surface area contributed by atoms with Crippen molar-refractivity contribution in [1.29, 1.82) is 0 Å². The number of nitrogen functional groups attached to an aromatic ring is 1. The zero-order chi connectivity index (χ0) is 10.4. The summed E-state index contributed by atoms with van der Waals surface area (Å²) in [5, 5.41) is 3.00. The summed E-state index contributed by atoms with van der Waals surface area (Å²) in [7, 11) is 0. The third-order valence-corrected chi connectivity index (χ3v) is 1.85. The summed E-state index contributed by atoms with van der Waals surface area (Å²) in [5.41, 5.74) is 5.54. The molecule has 5 nitrogen and oxygen atoms in total. The van der Waals surface area contributed by atoms with Gasteiger partial charge in [0.15, 0.2) is 0 Å². The average molecular weight is 261 g/mol. The Labute approximate surface area is 91.2 Å². The zero-order valence-electron chi connectivity index (χ0n) is 7.96. The molecule has 0 saturated heterocycles. The molecular formula is C8H13BrN4O. The number of nitrogens with zero attached hydrogens (tertiary/aromatic N) is 2. The fourth-order valence-corrected chi connectivity index (χ4v) is 1.30. The summed E-state index contributed by atoms with van der Waals surface area (Å²) in [6.07, 6.45) is 0. The Morgan fingerprint density at radius 2 is 2.36 bits per heavy atom. The molecule has 1 rings (SSSR count). The van der Waals surface area contributed by atoms with E-state index in [9.17, 15) is 0 Å². The van der Waals surface area contributed by atoms with Crippen molar-refractivity contribution in [2.75, 3.05) is 30.8 Å². The van der Waals surface area contributed by atoms with E-state index in [1.54, 1.807) is 6.07 Å². The van der Waals surface area contributed by atoms with Crippen LogP contribution in [-0.4, -0.2) is 29.7 Å². The van der Waals surface area contributed by atoms with Crippen LogP contribution in [0.1, 0.15) is 6.92 Å². The first-order valence-corrected chi connectivity index (χ1v) is 5.13. The molecule has 0 bridgehead atoms. The lowest BCUT2D eigenvalue weighted by molar-refractivity contribution is 0.158. The summed E-state index contributed by atoms with van der Waals surface area (Å²) in [6, 6.07) is 1.65. The topological polar surface area (TPSA) is 73.1 Å². The van der Waals surface area contributed by atoms with E-state index in [0.29, 0.717) is 36.1 Å². The van der Waals surface area contributed by atoms with Gasteiger partial charge in [-0.1, -0.05) is 0 Å². The number of anilines is 2. The van der Waals surface area contributed by atoms with E-state index in [4.69, 9.17) is 10.5 Å². The molecule has 14 heavy (non-hydrogen) atoms. The van der Waals surface area contributed by atoms with E-state index in [-0.39, 0.29) is 0 Å². The summed E-state index contributed by atoms with van der Waals surface area (Å²) >= 11 is 3.23. The van der Waals surface area contributed by atoms with Crippen LogP contribution >= 0.6 is 15.9 Å². The lowest BCUT2D eigenvalue weighted by Gasteiger charge is -2.05. The SMILES string of the molecule is CCOCCNc1nc(N)cc(Br)n1. The normalized spacial score (nSPS) is 10.1. The van der Waals surface area contributed by atoms with Gasteiger partial charge in [0, 0.05) is 19.2 Å². The Hall–Kier alpha value is -0.880. The van der Waals surface area contributed by atoms with Crippen LogP contribution in [0.4, 0.5) is 11.8 Å². The van der Waals surface area contributed by atoms with Crippen molar-refractivity contribution < 1.29 is 4.74 Å². The molecule has 1 heterocycles. The lowest BCUT2D eigenvalue weighted by atomic mass is 10.6. The number of nitrogens with one attached hydrogen (secondary N) is 1. The van der Waals surface area contributed by atoms with E-state index >= 15 is 0 Å². The smallest absolute Gasteiger partial charge is 0.225 e. The summed E-state index contributed by atoms with van der Waals surface area (Å²) in [6.45, 7) is 3.97. The van der Waals surface area contributed by atoms with Crippen LogP contribution in [0.5, 0.6) is 0 Å². The minimum absolute atomic E-state index is 0.436. The zero-order valence-corrected chi connectivity index (χ0v) is 9.54. The van der Waals surface area contributed by atoms with Crippen LogP contribution < -0.4 is 11.1 Å². The molecule has 1 aromatic rings. The fraction of sp³-hybridized carbons (Fsp3) is 0.500. The molecule has 1 aromatic heterocycles. The molecule has 0 radical (unpaired) electrons. The second kappa shape index (κ2) is 5.77. The Morgan fingerprint density at radius 3 is 3.00 bits per heavy atom. The highest BCUT2D eigenvalue weighted by atomic mass is 79.9. The first-order chi connectivity index (χ1) is 6.72. The molecular weight excluding hydrogens is 248 g/mol. The van der Waals surface area contributed by atoms with Gasteiger partial charge in [-0.2, -0.15) is 4.98 Å². The molecule has 0 amide bonds. The average Bonchev–Trinajstić information content (AvgIpc) is 2.11. The van der Waals surface area contributed by atoms with Crippen molar-refractivity contribution in [2.45, 2.75) is 6.92 Å². The van der Waals surface area contributed by atoms with E-state index < -0.39 is 0 Å². The van der Waals surface area contributed by atoms with Crippen molar-refractivity contribution >= 4 is 27.7 Å². The third-order valence-electron chi connectivity index (χ3n) is 1.45. The molecule has 3 N–H and O–H groups in total. The monoisotopic (exact) mass is 260 g/mol. The van der Waals surface area contributed by atoms with Crippen molar-refractivity contribution in [2.24, 2.45) is 0 Å². The van der Waals surface area contributed by atoms with Gasteiger partial charge in [0.2, 0.25) is 5.95 Å². The summed E-state index contributed by atoms with van der Waals surface area (Å²) < 4.78 is 5.82. The van der Waals surface area contributed by atoms with Gasteiger partial charge in [0.05, 0.1) is 6.61 Å². The molecule has 0 unspecified atom stereocenters. The van der Waals surface area contributed by atoms with Crippen LogP contribution in [0.15, 0.2) is 10.7 Å². The largest absolute Gasteiger partial charge is 0.383 e. The minimum Gasteiger partial charge on any atom is -0.383 e. The summed E-state index contributed by atoms with van der Waals surface area (Å²) in [5.74, 6) is 0.947. The maximum atomic E-state index is 5.54. The van der Waals surface area contributed by atoms with Gasteiger partial charge in [0.1, 0.15) is 10.4 Å². The Balaban J connectivity index is 2.42. The van der Waals surface area contributed by atoms with E-state index in [0.717, 1.165) is 0 Å². The Morgan fingerprint density at radius 1 is 1.57 bits per heavy atom. The molecule has 0 fully saturated rings. The van der Waals surface area contributed by atoms with Crippen LogP contribution in [0, 0.1) is 0 Å². The maximum absolute atomic E-state index is 5.54. The summed E-state index contributed by atoms with van der Waals surface area (Å²) in [4.78, 5) is 8.09. The van der Waals surface area contributed by atoms with Gasteiger partial charge in [0.25, 0.3) is 0 Å². The Kier molecular flexibility index (Phi) is 4.61. The molecule has 0 aliphatic rings. The van der Waals surface area contributed by atoms with E-state index in [2.05, 4.69) is 31.2 Å². The van der Waals surface area contributed by atoms with Gasteiger partial charge in [-0.25, -0.2) is 4.98 Å². The van der Waals surface area contributed by atoms with E-state index in [1.165, 1.54) is 0 Å². The molecule has 0 aliphatic carbocycles. The highest BCUT2D eigenvalue weighted by Gasteiger charge is 1.98. The van der Waals surface area contributed by atoms with Crippen LogP contribution in [0.25, 0.3) is 0 Å². The van der Waals surface area contributed by atoms with Crippen LogP contribution in [0.3, 0.4) is 0 Å². The number of nitrogens with two attached hydrogens (primary N) is 1. The maximum Gasteiger partial charge on any atom is 0.225 e. The van der Waals surface area contributed by atoms with Gasteiger partial charge in [-0.3, -0.25) is 0 Å². The van der Waals surface area contributed by atoms with Crippen LogP contribution in [-0.2, 0) is 4.74 Å². The molecule has 0 aromatic carbocycles. The van der Waals surface area contributed by atoms with Crippen molar-refractivity contribution in [1.82, 2.24) is 9.97 Å². The lowest BCUT2D eigenvalue weighted by Crippen LogP contribution is -2.12. The Bertz CT molecular complexity index is 274. The first kappa shape index (κ1) is 11.2. The van der Waals surface area contributed by atoms with E-state index in [1.807, 2.05) is 6.92 Å². The number of aromatic nitrogens is 2. The second-order valence-corrected chi connectivity index (χ2v) is 3.38. The number of ether oxygens (including phenoxy) is 1. The standard InChI is InChI=1S/C8H13BrN4O/c1-2-14-4-3-11-8-12-6(9)5-7(10)13-8/h5H,2-4H2,1H3,(H3,10,11,12,13). The highest BCUT2D eigenvalue weighted by molar-refractivity contribution is 9.10. The molecule has 6 heteroatoms. The first-order valence-electron chi connectivity index (χ1n) is 4.34. The van der Waals surface area contributed by atoms with Crippen molar-refractivity contribution in [3.63, 3.8) is 0 Å². The van der Waals surface area contributed by atoms with Crippen molar-refractivity contribution in [3.05, 3.63) is 10.7 Å². The number of rotatable bonds is 5. The van der Waals surface area contributed by atoms with Gasteiger partial charge in [-0.05, 0) is 22.9 Å². The number of hydrogen-bond donors (Lipinski definition) is 2. The molecule has 0 spiro atoms. The second-order valence-electron chi connectivity index (χ2n) is 2.56. The number of halogens is 1. The fourth-order valence-electron chi connectivity index (χ4n) is 0.893. The van der Waals surface area contributed by atoms with Gasteiger partial charge < -0.3 is 15.8 Å². The van der Waals surface area contributed by atoms with Crippen LogP contribution in [0.2, 0.25) is 0 Å². The third kappa shape index (κ3) is 3.89. The van der Waals surface area contributed by atoms with Gasteiger partial charge in [-0.15, -0.1) is 0 Å². The minimum atomic E-state index is 0.436. The molecule has 0 saturated carbocycles. The van der Waals surface area contributed by atoms with Crippen molar-refractivity contribution in [3.8, 4) is 0 Å². The molecule has 0 atom stereocenters.